The van der Waals surface area contributed by atoms with Crippen LogP contribution in [0.3, 0.4) is 0 Å². The Bertz CT molecular complexity index is 498. The van der Waals surface area contributed by atoms with Crippen LogP contribution in [0.5, 0.6) is 0 Å². The van der Waals surface area contributed by atoms with Gasteiger partial charge in [-0.1, -0.05) is 11.6 Å². The molecule has 2 rings (SSSR count). The van der Waals surface area contributed by atoms with Gasteiger partial charge in [-0.15, -0.1) is 0 Å². The molecule has 2 N–H and O–H groups in total. The van der Waals surface area contributed by atoms with Gasteiger partial charge in [-0.05, 0) is 30.4 Å². The predicted octanol–water partition coefficient (Wildman–Crippen LogP) is 2.08. The van der Waals surface area contributed by atoms with E-state index in [9.17, 15) is 9.18 Å². The highest BCUT2D eigenvalue weighted by atomic mass is 35.5. The van der Waals surface area contributed by atoms with Crippen molar-refractivity contribution in [3.05, 3.63) is 29.0 Å². The second-order valence-electron chi connectivity index (χ2n) is 3.74. The first-order valence-electron chi connectivity index (χ1n) is 5.25. The normalized spacial score (nSPS) is 18.3. The van der Waals surface area contributed by atoms with Gasteiger partial charge < -0.3 is 15.4 Å². The van der Waals surface area contributed by atoms with E-state index in [1.54, 1.807) is 0 Å². The first-order valence-corrected chi connectivity index (χ1v) is 6.04. The summed E-state index contributed by atoms with van der Waals surface area (Å²) in [6.45, 7) is 0.390. The summed E-state index contributed by atoms with van der Waals surface area (Å²) in [6.07, 6.45) is 0.574. The van der Waals surface area contributed by atoms with E-state index in [2.05, 4.69) is 10.6 Å². The molecule has 1 aromatic carbocycles. The topological polar surface area (TPSA) is 50.4 Å². The van der Waals surface area contributed by atoms with Gasteiger partial charge in [0.05, 0.1) is 11.6 Å². The predicted molar refractivity (Wildman–Crippen MR) is 70.1 cm³/mol. The van der Waals surface area contributed by atoms with Crippen molar-refractivity contribution in [3.8, 4) is 0 Å². The molecule has 1 saturated heterocycles. The van der Waals surface area contributed by atoms with Gasteiger partial charge in [-0.25, -0.2) is 9.18 Å². The Morgan fingerprint density at radius 3 is 2.94 bits per heavy atom. The van der Waals surface area contributed by atoms with Crippen LogP contribution >= 0.6 is 23.8 Å². The third-order valence-electron chi connectivity index (χ3n) is 2.42. The third-order valence-corrected chi connectivity index (χ3v) is 2.93. The Morgan fingerprint density at radius 2 is 2.33 bits per heavy atom. The molecule has 0 aliphatic carbocycles. The number of hydrogen-bond donors (Lipinski definition) is 2. The fourth-order valence-corrected chi connectivity index (χ4v) is 1.97. The minimum Gasteiger partial charge on any atom is -0.464 e. The third kappa shape index (κ3) is 3.08. The van der Waals surface area contributed by atoms with Crippen molar-refractivity contribution in [2.45, 2.75) is 12.5 Å². The molecule has 18 heavy (non-hydrogen) atoms. The lowest BCUT2D eigenvalue weighted by Gasteiger charge is -2.13. The lowest BCUT2D eigenvalue weighted by Crippen LogP contribution is -2.40. The molecular weight excluding hydrogens is 279 g/mol. The minimum absolute atomic E-state index is 0.00285. The molecule has 0 aromatic heterocycles. The number of thiocarbonyl (C=S) groups is 1. The Hall–Kier alpha value is -1.40. The maximum absolute atomic E-state index is 12.9. The lowest BCUT2D eigenvalue weighted by molar-refractivity contribution is -0.139. The van der Waals surface area contributed by atoms with E-state index in [1.165, 1.54) is 18.2 Å². The summed E-state index contributed by atoms with van der Waals surface area (Å²) in [5.74, 6) is -0.822. The van der Waals surface area contributed by atoms with Crippen molar-refractivity contribution in [2.24, 2.45) is 0 Å². The van der Waals surface area contributed by atoms with E-state index in [0.717, 1.165) is 0 Å². The molecule has 4 nitrogen and oxygen atoms in total. The lowest BCUT2D eigenvalue weighted by atomic mass is 10.2. The second-order valence-corrected chi connectivity index (χ2v) is 4.55. The van der Waals surface area contributed by atoms with Crippen LogP contribution in [0, 0.1) is 5.82 Å². The van der Waals surface area contributed by atoms with Crippen LogP contribution in [-0.4, -0.2) is 23.7 Å². The minimum atomic E-state index is -0.500. The number of esters is 1. The fraction of sp³-hybridized carbons (Fsp3) is 0.273. The van der Waals surface area contributed by atoms with Gasteiger partial charge in [-0.2, -0.15) is 0 Å². The molecule has 1 fully saturated rings. The number of carbonyl (C=O) groups excluding carboxylic acids is 1. The molecule has 1 aromatic rings. The molecule has 0 bridgehead atoms. The first kappa shape index (κ1) is 13.0. The van der Waals surface area contributed by atoms with Crippen LogP contribution in [0.4, 0.5) is 10.1 Å². The Kier molecular flexibility index (Phi) is 3.98. The van der Waals surface area contributed by atoms with Crippen LogP contribution in [0.15, 0.2) is 18.2 Å². The zero-order valence-electron chi connectivity index (χ0n) is 9.20. The van der Waals surface area contributed by atoms with Crippen molar-refractivity contribution in [3.63, 3.8) is 0 Å². The van der Waals surface area contributed by atoms with Crippen molar-refractivity contribution < 1.29 is 13.9 Å². The van der Waals surface area contributed by atoms with Gasteiger partial charge in [0.1, 0.15) is 11.9 Å². The highest BCUT2D eigenvalue weighted by Crippen LogP contribution is 2.19. The van der Waals surface area contributed by atoms with E-state index in [4.69, 9.17) is 28.6 Å². The highest BCUT2D eigenvalue weighted by molar-refractivity contribution is 7.80. The van der Waals surface area contributed by atoms with E-state index in [0.29, 0.717) is 18.7 Å². The van der Waals surface area contributed by atoms with Crippen LogP contribution in [-0.2, 0) is 9.53 Å². The summed E-state index contributed by atoms with van der Waals surface area (Å²) in [4.78, 5) is 11.2. The fourth-order valence-electron chi connectivity index (χ4n) is 1.53. The molecule has 0 unspecified atom stereocenters. The van der Waals surface area contributed by atoms with E-state index >= 15 is 0 Å². The number of benzene rings is 1. The molecule has 1 aliphatic heterocycles. The molecule has 0 spiro atoms. The SMILES string of the molecule is O=C1OCC[C@@H]1NC(=S)Nc1ccc(F)c(Cl)c1. The number of carbonyl (C=O) groups is 1. The number of anilines is 1. The van der Waals surface area contributed by atoms with Crippen LogP contribution in [0.25, 0.3) is 0 Å². The van der Waals surface area contributed by atoms with Crippen LogP contribution < -0.4 is 10.6 Å². The highest BCUT2D eigenvalue weighted by Gasteiger charge is 2.26. The summed E-state index contributed by atoms with van der Waals surface area (Å²) >= 11 is 10.7. The standard InChI is InChI=1S/C11H10ClFN2O2S/c12-7-5-6(1-2-8(7)13)14-11(18)15-9-3-4-17-10(9)16/h1-2,5,9H,3-4H2,(H2,14,15,18)/t9-/m0/s1. The van der Waals surface area contributed by atoms with Crippen molar-refractivity contribution in [1.82, 2.24) is 5.32 Å². The second kappa shape index (κ2) is 5.49. The molecule has 0 amide bonds. The maximum atomic E-state index is 12.9. The number of hydrogen-bond acceptors (Lipinski definition) is 3. The summed E-state index contributed by atoms with van der Waals surface area (Å²) < 4.78 is 17.7. The number of nitrogens with one attached hydrogen (secondary N) is 2. The van der Waals surface area contributed by atoms with Crippen LogP contribution in [0.1, 0.15) is 6.42 Å². The maximum Gasteiger partial charge on any atom is 0.328 e. The van der Waals surface area contributed by atoms with E-state index < -0.39 is 11.9 Å². The van der Waals surface area contributed by atoms with Crippen LogP contribution in [0.2, 0.25) is 5.02 Å². The zero-order chi connectivity index (χ0) is 13.1. The molecular formula is C11H10ClFN2O2S. The Morgan fingerprint density at radius 1 is 1.56 bits per heavy atom. The average Bonchev–Trinajstić information content (AvgIpc) is 2.70. The van der Waals surface area contributed by atoms with Crippen molar-refractivity contribution in [1.29, 1.82) is 0 Å². The van der Waals surface area contributed by atoms with Gasteiger partial charge in [0.15, 0.2) is 5.11 Å². The molecule has 1 aliphatic rings. The number of cyclic esters (lactones) is 1. The van der Waals surface area contributed by atoms with Gasteiger partial charge in [0.25, 0.3) is 0 Å². The van der Waals surface area contributed by atoms with E-state index in [1.807, 2.05) is 0 Å². The van der Waals surface area contributed by atoms with Crippen molar-refractivity contribution >= 4 is 40.6 Å². The average molecular weight is 289 g/mol. The summed E-state index contributed by atoms with van der Waals surface area (Å²) in [7, 11) is 0. The quantitative estimate of drug-likeness (QED) is 0.645. The van der Waals surface area contributed by atoms with E-state index in [-0.39, 0.29) is 16.1 Å². The first-order chi connectivity index (χ1) is 8.56. The number of rotatable bonds is 2. The van der Waals surface area contributed by atoms with Gasteiger partial charge in [0, 0.05) is 12.1 Å². The Balaban J connectivity index is 1.94. The zero-order valence-corrected chi connectivity index (χ0v) is 10.8. The van der Waals surface area contributed by atoms with Crippen molar-refractivity contribution in [2.75, 3.05) is 11.9 Å². The molecule has 1 atom stereocenters. The molecule has 0 saturated carbocycles. The summed E-state index contributed by atoms with van der Waals surface area (Å²) in [5, 5.41) is 5.91. The molecule has 7 heteroatoms. The number of ether oxygens (including phenoxy) is 1. The monoisotopic (exact) mass is 288 g/mol. The van der Waals surface area contributed by atoms with Gasteiger partial charge >= 0.3 is 5.97 Å². The van der Waals surface area contributed by atoms with Gasteiger partial charge in [-0.3, -0.25) is 0 Å². The molecule has 1 heterocycles. The smallest absolute Gasteiger partial charge is 0.328 e. The molecule has 0 radical (unpaired) electrons. The summed E-state index contributed by atoms with van der Waals surface area (Å²) in [6, 6.07) is 3.72. The number of halogens is 2. The summed E-state index contributed by atoms with van der Waals surface area (Å²) in [5.41, 5.74) is 0.547. The molecule has 96 valence electrons. The Labute approximate surface area is 113 Å². The largest absolute Gasteiger partial charge is 0.464 e. The van der Waals surface area contributed by atoms with Gasteiger partial charge in [0.2, 0.25) is 0 Å².